The zero-order valence-electron chi connectivity index (χ0n) is 14.7. The maximum absolute atomic E-state index is 11.7. The van der Waals surface area contributed by atoms with Crippen LogP contribution >= 0.6 is 15.9 Å². The average Bonchev–Trinajstić information content (AvgIpc) is 2.64. The van der Waals surface area contributed by atoms with Crippen molar-refractivity contribution in [2.75, 3.05) is 12.4 Å². The molecule has 2 rings (SSSR count). The van der Waals surface area contributed by atoms with E-state index >= 15 is 0 Å². The van der Waals surface area contributed by atoms with Crippen molar-refractivity contribution in [3.63, 3.8) is 0 Å². The van der Waals surface area contributed by atoms with E-state index in [9.17, 15) is 9.00 Å². The molecule has 0 heterocycles. The topological polar surface area (TPSA) is 67.8 Å². The highest BCUT2D eigenvalue weighted by molar-refractivity contribution is 9.10. The lowest BCUT2D eigenvalue weighted by molar-refractivity contribution is 0.152. The maximum atomic E-state index is 11.7. The normalized spacial score (nSPS) is 12.5. The quantitative estimate of drug-likeness (QED) is 0.521. The Morgan fingerprint density at radius 3 is 2.19 bits per heavy atom. The number of carbonyl (C=O) groups is 1. The molecule has 0 spiro atoms. The van der Waals surface area contributed by atoms with Crippen molar-refractivity contribution in [1.29, 1.82) is 0 Å². The van der Waals surface area contributed by atoms with Crippen LogP contribution in [-0.2, 0) is 21.3 Å². The molecule has 1 atom stereocenters. The van der Waals surface area contributed by atoms with E-state index in [1.54, 1.807) is 6.92 Å². The van der Waals surface area contributed by atoms with Crippen molar-refractivity contribution < 1.29 is 13.7 Å². The third-order valence-electron chi connectivity index (χ3n) is 3.53. The zero-order chi connectivity index (χ0) is 18.9. The Labute approximate surface area is 164 Å². The summed E-state index contributed by atoms with van der Waals surface area (Å²) in [4.78, 5) is 11.6. The highest BCUT2D eigenvalue weighted by atomic mass is 79.9. The number of hydrogen-bond donors (Lipinski definition) is 1. The zero-order valence-corrected chi connectivity index (χ0v) is 17.1. The summed E-state index contributed by atoms with van der Waals surface area (Å²) in [5.74, 6) is 1.17. The van der Waals surface area contributed by atoms with Gasteiger partial charge in [0.1, 0.15) is 0 Å². The second-order valence-electron chi connectivity index (χ2n) is 5.37. The van der Waals surface area contributed by atoms with Gasteiger partial charge in [-0.05, 0) is 24.6 Å². The van der Waals surface area contributed by atoms with E-state index in [0.717, 1.165) is 21.2 Å². The fraction of sp³-hybridized carbons (Fsp3) is 0.263. The molecule has 1 N–H and O–H groups in total. The number of halogens is 1. The fourth-order valence-corrected chi connectivity index (χ4v) is 3.25. The lowest BCUT2D eigenvalue weighted by atomic mass is 10.0. The number of carbonyl (C=O) groups excluding carboxylic acids is 1. The van der Waals surface area contributed by atoms with Crippen molar-refractivity contribution in [3.8, 4) is 0 Å². The molecular weight excluding hydrogens is 416 g/mol. The molecule has 1 unspecified atom stereocenters. The molecule has 0 aliphatic carbocycles. The molecule has 7 heteroatoms. The molecule has 0 aliphatic rings. The first kappa shape index (κ1) is 20.3. The van der Waals surface area contributed by atoms with Crippen molar-refractivity contribution in [2.45, 2.75) is 19.6 Å². The Bertz CT molecular complexity index is 789. The summed E-state index contributed by atoms with van der Waals surface area (Å²) in [6, 6.07) is 15.3. The number of rotatable bonds is 7. The molecule has 2 aromatic rings. The summed E-state index contributed by atoms with van der Waals surface area (Å²) in [7, 11) is -0.855. The molecule has 0 bridgehead atoms. The number of hydrazone groups is 1. The Kier molecular flexibility index (Phi) is 8.00. The van der Waals surface area contributed by atoms with Crippen molar-refractivity contribution in [2.24, 2.45) is 5.10 Å². The summed E-state index contributed by atoms with van der Waals surface area (Å²) in [6.07, 6.45) is -0.600. The third kappa shape index (κ3) is 6.07. The molecule has 1 amide bonds. The molecule has 0 saturated heterocycles. The van der Waals surface area contributed by atoms with E-state index in [1.807, 2.05) is 55.5 Å². The van der Waals surface area contributed by atoms with Gasteiger partial charge in [-0.15, -0.1) is 0 Å². The Hall–Kier alpha value is -1.99. The van der Waals surface area contributed by atoms with Crippen molar-refractivity contribution >= 4 is 38.5 Å². The summed E-state index contributed by atoms with van der Waals surface area (Å²) < 4.78 is 17.5. The third-order valence-corrected chi connectivity index (χ3v) is 5.36. The van der Waals surface area contributed by atoms with E-state index < -0.39 is 16.9 Å². The standard InChI is InChI=1S/C19H21BrN2O3S/c1-3-25-19(23)22-21-18(16-9-11-17(20)12-10-16)15-7-5-14(6-8-15)13-26(24)4-2/h5-12H,3-4,13H2,1-2H3,(H,22,23). The van der Waals surface area contributed by atoms with Gasteiger partial charge in [0.25, 0.3) is 0 Å². The highest BCUT2D eigenvalue weighted by Gasteiger charge is 2.10. The summed E-state index contributed by atoms with van der Waals surface area (Å²) in [5, 5.41) is 4.24. The first-order valence-electron chi connectivity index (χ1n) is 8.24. The van der Waals surface area contributed by atoms with Crippen LogP contribution in [0.1, 0.15) is 30.5 Å². The van der Waals surface area contributed by atoms with Crippen LogP contribution in [0.5, 0.6) is 0 Å². The number of hydrogen-bond acceptors (Lipinski definition) is 4. The van der Waals surface area contributed by atoms with E-state index in [-0.39, 0.29) is 6.61 Å². The van der Waals surface area contributed by atoms with Gasteiger partial charge >= 0.3 is 6.09 Å². The van der Waals surface area contributed by atoms with Crippen LogP contribution in [0.25, 0.3) is 0 Å². The van der Waals surface area contributed by atoms with Crippen LogP contribution in [0.2, 0.25) is 0 Å². The lowest BCUT2D eigenvalue weighted by Crippen LogP contribution is -2.21. The van der Waals surface area contributed by atoms with Crippen LogP contribution in [0, 0.1) is 0 Å². The minimum Gasteiger partial charge on any atom is -0.449 e. The predicted molar refractivity (Wildman–Crippen MR) is 109 cm³/mol. The molecule has 0 radical (unpaired) electrons. The van der Waals surface area contributed by atoms with E-state index in [1.165, 1.54) is 0 Å². The van der Waals surface area contributed by atoms with E-state index in [0.29, 0.717) is 17.2 Å². The fourth-order valence-electron chi connectivity index (χ4n) is 2.22. The van der Waals surface area contributed by atoms with Crippen LogP contribution in [0.4, 0.5) is 4.79 Å². The van der Waals surface area contributed by atoms with Gasteiger partial charge in [0, 0.05) is 37.9 Å². The monoisotopic (exact) mass is 436 g/mol. The first-order valence-corrected chi connectivity index (χ1v) is 10.5. The summed E-state index contributed by atoms with van der Waals surface area (Å²) in [6.45, 7) is 3.92. The van der Waals surface area contributed by atoms with E-state index in [4.69, 9.17) is 4.74 Å². The second-order valence-corrected chi connectivity index (χ2v) is 8.03. The number of amides is 1. The van der Waals surface area contributed by atoms with Gasteiger partial charge in [-0.25, -0.2) is 10.2 Å². The molecule has 0 saturated carbocycles. The maximum Gasteiger partial charge on any atom is 0.427 e. The van der Waals surface area contributed by atoms with Crippen LogP contribution < -0.4 is 5.43 Å². The molecule has 0 fully saturated rings. The SMILES string of the molecule is CCOC(=O)NN=C(c1ccc(Br)cc1)c1ccc(CS(=O)CC)cc1. The Morgan fingerprint density at radius 2 is 1.65 bits per heavy atom. The lowest BCUT2D eigenvalue weighted by Gasteiger charge is -2.09. The molecule has 138 valence electrons. The Balaban J connectivity index is 2.30. The first-order chi connectivity index (χ1) is 12.5. The smallest absolute Gasteiger partial charge is 0.427 e. The van der Waals surface area contributed by atoms with Gasteiger partial charge in [-0.1, -0.05) is 59.3 Å². The van der Waals surface area contributed by atoms with Gasteiger partial charge in [0.15, 0.2) is 0 Å². The Morgan fingerprint density at radius 1 is 1.08 bits per heavy atom. The van der Waals surface area contributed by atoms with Gasteiger partial charge in [0.05, 0.1) is 12.3 Å². The summed E-state index contributed by atoms with van der Waals surface area (Å²) in [5.41, 5.74) is 5.74. The molecule has 2 aromatic carbocycles. The molecular formula is C19H21BrN2O3S. The number of nitrogens with one attached hydrogen (secondary N) is 1. The van der Waals surface area contributed by atoms with Crippen molar-refractivity contribution in [1.82, 2.24) is 5.43 Å². The van der Waals surface area contributed by atoms with Crippen molar-refractivity contribution in [3.05, 3.63) is 69.7 Å². The largest absolute Gasteiger partial charge is 0.449 e. The second kappa shape index (κ2) is 10.2. The van der Waals surface area contributed by atoms with Crippen LogP contribution in [0.15, 0.2) is 58.1 Å². The van der Waals surface area contributed by atoms with Gasteiger partial charge in [-0.3, -0.25) is 4.21 Å². The van der Waals surface area contributed by atoms with Gasteiger partial charge in [-0.2, -0.15) is 5.10 Å². The number of benzene rings is 2. The molecule has 0 aliphatic heterocycles. The minimum absolute atomic E-state index is 0.276. The van der Waals surface area contributed by atoms with Gasteiger partial charge in [0.2, 0.25) is 0 Å². The molecule has 26 heavy (non-hydrogen) atoms. The number of nitrogens with zero attached hydrogens (tertiary/aromatic N) is 1. The predicted octanol–water partition coefficient (Wildman–Crippen LogP) is 4.22. The summed E-state index contributed by atoms with van der Waals surface area (Å²) >= 11 is 3.41. The van der Waals surface area contributed by atoms with E-state index in [2.05, 4.69) is 26.5 Å². The van der Waals surface area contributed by atoms with Crippen LogP contribution in [0.3, 0.4) is 0 Å². The number of ether oxygens (including phenoxy) is 1. The average molecular weight is 437 g/mol. The highest BCUT2D eigenvalue weighted by Crippen LogP contribution is 2.16. The molecule has 5 nitrogen and oxygen atoms in total. The van der Waals surface area contributed by atoms with Gasteiger partial charge < -0.3 is 4.74 Å². The van der Waals surface area contributed by atoms with Crippen LogP contribution in [-0.4, -0.2) is 28.4 Å². The molecule has 0 aromatic heterocycles. The minimum atomic E-state index is -0.855.